The quantitative estimate of drug-likeness (QED) is 0.172. The van der Waals surface area contributed by atoms with Gasteiger partial charge >= 0.3 is 10.4 Å². The molecule has 132 valence electrons. The van der Waals surface area contributed by atoms with Gasteiger partial charge < -0.3 is 30.6 Å². The van der Waals surface area contributed by atoms with Gasteiger partial charge in [0.2, 0.25) is 0 Å². The average Bonchev–Trinajstić information content (AvgIpc) is 2.41. The molecule has 0 aromatic carbocycles. The van der Waals surface area contributed by atoms with Crippen molar-refractivity contribution in [1.29, 1.82) is 0 Å². The summed E-state index contributed by atoms with van der Waals surface area (Å²) in [6, 6.07) is 0. The van der Waals surface area contributed by atoms with Crippen LogP contribution in [0.1, 0.15) is 0 Å². The van der Waals surface area contributed by atoms with Crippen molar-refractivity contribution in [3.63, 3.8) is 0 Å². The van der Waals surface area contributed by atoms with E-state index >= 15 is 0 Å². The maximum absolute atomic E-state index is 10.6. The fraction of sp³-hybridized carbons (Fsp3) is 1.00. The minimum absolute atomic E-state index is 0.0233. The standard InChI is InChI=1S/C10H20O10S2/c11-1-7(20-22(17,18)19)5(13)3-21-4-6(14)9(15)10(16)8(21)2-12/h5-16H,1-4H2/p+1/t5-,6+,7+,8-,9-,10-,21?/m1/s1. The Kier molecular flexibility index (Phi) is 7.45. The molecule has 0 saturated carbocycles. The minimum Gasteiger partial charge on any atom is -0.394 e. The largest absolute Gasteiger partial charge is 0.397 e. The molecule has 0 aromatic heterocycles. The van der Waals surface area contributed by atoms with Crippen LogP contribution >= 0.6 is 0 Å². The van der Waals surface area contributed by atoms with E-state index in [0.29, 0.717) is 0 Å². The highest BCUT2D eigenvalue weighted by Crippen LogP contribution is 2.25. The van der Waals surface area contributed by atoms with Gasteiger partial charge in [0.05, 0.1) is 13.2 Å². The summed E-state index contributed by atoms with van der Waals surface area (Å²) in [5.41, 5.74) is 0. The summed E-state index contributed by atoms with van der Waals surface area (Å²) in [5, 5.41) is 56.4. The lowest BCUT2D eigenvalue weighted by molar-refractivity contribution is -0.0611. The van der Waals surface area contributed by atoms with Crippen LogP contribution in [0.5, 0.6) is 0 Å². The number of aliphatic hydroxyl groups excluding tert-OH is 6. The van der Waals surface area contributed by atoms with Crippen molar-refractivity contribution >= 4 is 21.3 Å². The fourth-order valence-corrected chi connectivity index (χ4v) is 5.38. The van der Waals surface area contributed by atoms with Gasteiger partial charge in [-0.3, -0.25) is 4.55 Å². The molecule has 0 aliphatic carbocycles. The molecule has 7 N–H and O–H groups in total. The number of rotatable bonds is 7. The molecule has 0 radical (unpaired) electrons. The third kappa shape index (κ3) is 5.26. The van der Waals surface area contributed by atoms with E-state index in [1.165, 1.54) is 0 Å². The van der Waals surface area contributed by atoms with Gasteiger partial charge in [-0.1, -0.05) is 0 Å². The molecule has 1 unspecified atom stereocenters. The third-order valence-electron chi connectivity index (χ3n) is 3.36. The Balaban J connectivity index is 2.77. The molecule has 12 heteroatoms. The van der Waals surface area contributed by atoms with E-state index < -0.39 is 70.3 Å². The van der Waals surface area contributed by atoms with Crippen molar-refractivity contribution in [2.75, 3.05) is 24.7 Å². The van der Waals surface area contributed by atoms with Crippen LogP contribution in [0, 0.1) is 0 Å². The maximum atomic E-state index is 10.6. The SMILES string of the molecule is O=S(=O)(O)O[C@@H](CO)[C@H](O)C[S+]1C[C@H](O)[C@@H](O)[C@H](O)[C@H]1CO. The number of hydrogen-bond acceptors (Lipinski definition) is 9. The molecule has 1 fully saturated rings. The summed E-state index contributed by atoms with van der Waals surface area (Å²) in [4.78, 5) is 0. The first-order chi connectivity index (χ1) is 10.1. The molecule has 0 bridgehead atoms. The predicted octanol–water partition coefficient (Wildman–Crippen LogP) is -4.40. The van der Waals surface area contributed by atoms with E-state index in [9.17, 15) is 34.0 Å². The highest BCUT2D eigenvalue weighted by Gasteiger charge is 2.50. The molecular formula is C10H21O10S2+. The number of hydrogen-bond donors (Lipinski definition) is 7. The first kappa shape index (κ1) is 20.0. The van der Waals surface area contributed by atoms with E-state index in [2.05, 4.69) is 4.18 Å². The van der Waals surface area contributed by atoms with E-state index in [1.807, 2.05) is 0 Å². The summed E-state index contributed by atoms with van der Waals surface area (Å²) in [6.45, 7) is -1.40. The van der Waals surface area contributed by atoms with Crippen molar-refractivity contribution in [1.82, 2.24) is 0 Å². The van der Waals surface area contributed by atoms with Gasteiger partial charge in [0.25, 0.3) is 0 Å². The molecular weight excluding hydrogens is 344 g/mol. The first-order valence-electron chi connectivity index (χ1n) is 6.36. The monoisotopic (exact) mass is 365 g/mol. The normalized spacial score (nSPS) is 36.0. The molecule has 10 nitrogen and oxygen atoms in total. The second-order valence-electron chi connectivity index (χ2n) is 4.95. The summed E-state index contributed by atoms with van der Waals surface area (Å²) < 4.78 is 33.9. The van der Waals surface area contributed by atoms with Crippen LogP contribution in [0.2, 0.25) is 0 Å². The first-order valence-corrected chi connectivity index (χ1v) is 9.35. The van der Waals surface area contributed by atoms with Gasteiger partial charge in [-0.25, -0.2) is 4.18 Å². The van der Waals surface area contributed by atoms with E-state index in [4.69, 9.17) is 9.66 Å². The molecule has 0 aromatic rings. The fourth-order valence-electron chi connectivity index (χ4n) is 2.19. The van der Waals surface area contributed by atoms with E-state index in [1.54, 1.807) is 0 Å². The van der Waals surface area contributed by atoms with Crippen LogP contribution in [0.25, 0.3) is 0 Å². The van der Waals surface area contributed by atoms with E-state index in [-0.39, 0.29) is 11.5 Å². The lowest BCUT2D eigenvalue weighted by Crippen LogP contribution is -2.59. The summed E-state index contributed by atoms with van der Waals surface area (Å²) in [5.74, 6) is -0.225. The second-order valence-corrected chi connectivity index (χ2v) is 8.35. The van der Waals surface area contributed by atoms with Crippen LogP contribution in [0.3, 0.4) is 0 Å². The average molecular weight is 365 g/mol. The topological polar surface area (TPSA) is 185 Å². The number of aliphatic hydroxyl groups is 6. The van der Waals surface area contributed by atoms with E-state index in [0.717, 1.165) is 0 Å². The Morgan fingerprint density at radius 1 is 1.18 bits per heavy atom. The van der Waals surface area contributed by atoms with Crippen molar-refractivity contribution in [3.8, 4) is 0 Å². The van der Waals surface area contributed by atoms with Crippen molar-refractivity contribution in [3.05, 3.63) is 0 Å². The van der Waals surface area contributed by atoms with Gasteiger partial charge in [0.15, 0.2) is 5.25 Å². The summed E-state index contributed by atoms with van der Waals surface area (Å²) >= 11 is 0. The predicted molar refractivity (Wildman–Crippen MR) is 75.5 cm³/mol. The Morgan fingerprint density at radius 2 is 1.77 bits per heavy atom. The zero-order valence-electron chi connectivity index (χ0n) is 11.5. The molecule has 1 heterocycles. The van der Waals surface area contributed by atoms with Crippen molar-refractivity contribution in [2.24, 2.45) is 0 Å². The zero-order valence-corrected chi connectivity index (χ0v) is 13.1. The summed E-state index contributed by atoms with van der Waals surface area (Å²) in [7, 11) is -5.85. The molecule has 0 spiro atoms. The van der Waals surface area contributed by atoms with Crippen molar-refractivity contribution in [2.45, 2.75) is 35.8 Å². The minimum atomic E-state index is -4.88. The smallest absolute Gasteiger partial charge is 0.394 e. The molecule has 1 aliphatic heterocycles. The molecule has 0 amide bonds. The third-order valence-corrected chi connectivity index (χ3v) is 6.67. The highest BCUT2D eigenvalue weighted by atomic mass is 32.3. The Morgan fingerprint density at radius 3 is 2.23 bits per heavy atom. The molecule has 1 saturated heterocycles. The molecule has 1 rings (SSSR count). The van der Waals surface area contributed by atoms with Crippen LogP contribution in [0.4, 0.5) is 0 Å². The van der Waals surface area contributed by atoms with Gasteiger partial charge in [-0.2, -0.15) is 8.42 Å². The maximum Gasteiger partial charge on any atom is 0.397 e. The Labute approximate surface area is 130 Å². The Hall–Kier alpha value is -0.0200. The van der Waals surface area contributed by atoms with Crippen LogP contribution in [0.15, 0.2) is 0 Å². The van der Waals surface area contributed by atoms with Gasteiger partial charge in [0, 0.05) is 10.9 Å². The van der Waals surface area contributed by atoms with Gasteiger partial charge in [0.1, 0.15) is 42.0 Å². The lowest BCUT2D eigenvalue weighted by Gasteiger charge is -2.35. The van der Waals surface area contributed by atoms with Gasteiger partial charge in [-0.15, -0.1) is 0 Å². The molecule has 22 heavy (non-hydrogen) atoms. The molecule has 1 aliphatic rings. The molecule has 7 atom stereocenters. The van der Waals surface area contributed by atoms with Crippen molar-refractivity contribution < 1.29 is 47.8 Å². The zero-order chi connectivity index (χ0) is 17.1. The Bertz CT molecular complexity index is 443. The highest BCUT2D eigenvalue weighted by molar-refractivity contribution is 7.97. The lowest BCUT2D eigenvalue weighted by atomic mass is 10.1. The second kappa shape index (κ2) is 8.19. The summed E-state index contributed by atoms with van der Waals surface area (Å²) in [6.07, 6.45) is -7.24. The van der Waals surface area contributed by atoms with Crippen LogP contribution in [-0.2, 0) is 25.5 Å². The van der Waals surface area contributed by atoms with Crippen LogP contribution < -0.4 is 0 Å². The van der Waals surface area contributed by atoms with Crippen LogP contribution in [-0.4, -0.2) is 104 Å². The van der Waals surface area contributed by atoms with Gasteiger partial charge in [-0.05, 0) is 0 Å².